The first-order chi connectivity index (χ1) is 11.7. The number of hydrogen-bond donors (Lipinski definition) is 2. The second-order valence-electron chi connectivity index (χ2n) is 7.14. The second-order valence-corrected chi connectivity index (χ2v) is 7.14. The summed E-state index contributed by atoms with van der Waals surface area (Å²) < 4.78 is 11.6. The molecule has 4 rings (SSSR count). The third-order valence-electron chi connectivity index (χ3n) is 5.64. The van der Waals surface area contributed by atoms with Gasteiger partial charge in [-0.3, -0.25) is 5.10 Å². The molecule has 3 heterocycles. The third kappa shape index (κ3) is 3.28. The van der Waals surface area contributed by atoms with Crippen LogP contribution in [0.15, 0.2) is 6.20 Å². The topological polar surface area (TPSA) is 79.5 Å². The smallest absolute Gasteiger partial charge is 0.317 e. The van der Waals surface area contributed by atoms with Gasteiger partial charge in [0, 0.05) is 38.0 Å². The summed E-state index contributed by atoms with van der Waals surface area (Å²) in [6, 6.07) is 0.239. The molecule has 0 bridgehead atoms. The molecule has 1 atom stereocenters. The Kier molecular flexibility index (Phi) is 4.45. The third-order valence-corrected chi connectivity index (χ3v) is 5.64. The van der Waals surface area contributed by atoms with Gasteiger partial charge >= 0.3 is 6.03 Å². The molecule has 3 aliphatic rings. The summed E-state index contributed by atoms with van der Waals surface area (Å²) in [5.74, 6) is 0. The van der Waals surface area contributed by atoms with E-state index in [4.69, 9.17) is 9.47 Å². The number of aromatic nitrogens is 2. The zero-order chi connectivity index (χ0) is 16.4. The van der Waals surface area contributed by atoms with Crippen LogP contribution in [0, 0.1) is 0 Å². The Morgan fingerprint density at radius 1 is 1.29 bits per heavy atom. The molecule has 1 aliphatic carbocycles. The van der Waals surface area contributed by atoms with Gasteiger partial charge in [-0.05, 0) is 44.1 Å². The summed E-state index contributed by atoms with van der Waals surface area (Å²) in [4.78, 5) is 14.6. The molecule has 0 radical (unpaired) electrons. The predicted octanol–water partition coefficient (Wildman–Crippen LogP) is 1.25. The van der Waals surface area contributed by atoms with Crippen LogP contribution in [0.2, 0.25) is 0 Å². The van der Waals surface area contributed by atoms with Crippen molar-refractivity contribution in [2.24, 2.45) is 0 Å². The molecule has 132 valence electrons. The molecule has 2 saturated heterocycles. The van der Waals surface area contributed by atoms with Gasteiger partial charge < -0.3 is 19.7 Å². The molecule has 2 aliphatic heterocycles. The molecular weight excluding hydrogens is 308 g/mol. The SMILES string of the molecule is O=C(NC1CCc2[nH]ncc2C1)N1CCOC2(CCOCC2)CC1. The van der Waals surface area contributed by atoms with Gasteiger partial charge in [0.25, 0.3) is 0 Å². The van der Waals surface area contributed by atoms with Gasteiger partial charge in [0.2, 0.25) is 0 Å². The molecule has 7 nitrogen and oxygen atoms in total. The molecule has 1 aromatic rings. The van der Waals surface area contributed by atoms with E-state index in [2.05, 4.69) is 15.5 Å². The molecular formula is C17H26N4O3. The lowest BCUT2D eigenvalue weighted by molar-refractivity contribution is -0.105. The first-order valence-electron chi connectivity index (χ1n) is 9.02. The molecule has 24 heavy (non-hydrogen) atoms. The number of ether oxygens (including phenoxy) is 2. The van der Waals surface area contributed by atoms with E-state index in [0.29, 0.717) is 13.2 Å². The van der Waals surface area contributed by atoms with Crippen molar-refractivity contribution in [2.45, 2.75) is 50.2 Å². The Labute approximate surface area is 142 Å². The Hall–Kier alpha value is -1.60. The quantitative estimate of drug-likeness (QED) is 0.810. The van der Waals surface area contributed by atoms with Gasteiger partial charge in [-0.25, -0.2) is 4.79 Å². The lowest BCUT2D eigenvalue weighted by Gasteiger charge is -2.35. The number of fused-ring (bicyclic) bond motifs is 1. The number of aryl methyl sites for hydroxylation is 1. The van der Waals surface area contributed by atoms with Gasteiger partial charge in [0.15, 0.2) is 0 Å². The first-order valence-corrected chi connectivity index (χ1v) is 9.02. The van der Waals surface area contributed by atoms with Crippen LogP contribution < -0.4 is 5.32 Å². The maximum Gasteiger partial charge on any atom is 0.317 e. The normalized spacial score (nSPS) is 26.7. The number of amides is 2. The minimum absolute atomic E-state index is 0.0413. The van der Waals surface area contributed by atoms with Crippen LogP contribution in [0.3, 0.4) is 0 Å². The zero-order valence-electron chi connectivity index (χ0n) is 14.1. The monoisotopic (exact) mass is 334 g/mol. The molecule has 7 heteroatoms. The summed E-state index contributed by atoms with van der Waals surface area (Å²) in [7, 11) is 0. The highest BCUT2D eigenvalue weighted by molar-refractivity contribution is 5.74. The molecule has 0 saturated carbocycles. The Morgan fingerprint density at radius 3 is 3.04 bits per heavy atom. The molecule has 1 spiro atoms. The van der Waals surface area contributed by atoms with Crippen LogP contribution in [0.1, 0.15) is 36.9 Å². The number of rotatable bonds is 1. The summed E-state index contributed by atoms with van der Waals surface area (Å²) in [5, 5.41) is 10.3. The number of nitrogens with zero attached hydrogens (tertiary/aromatic N) is 2. The molecule has 2 N–H and O–H groups in total. The van der Waals surface area contributed by atoms with Crippen molar-refractivity contribution in [1.82, 2.24) is 20.4 Å². The predicted molar refractivity (Wildman–Crippen MR) is 87.9 cm³/mol. The number of carbonyl (C=O) groups is 1. The fourth-order valence-corrected chi connectivity index (χ4v) is 4.04. The van der Waals surface area contributed by atoms with Crippen LogP contribution in [0.4, 0.5) is 4.79 Å². The van der Waals surface area contributed by atoms with E-state index in [9.17, 15) is 4.79 Å². The number of H-pyrrole nitrogens is 1. The van der Waals surface area contributed by atoms with Crippen molar-refractivity contribution in [3.63, 3.8) is 0 Å². The molecule has 2 fully saturated rings. The summed E-state index contributed by atoms with van der Waals surface area (Å²) in [5.41, 5.74) is 2.36. The second kappa shape index (κ2) is 6.72. The number of nitrogens with one attached hydrogen (secondary N) is 2. The van der Waals surface area contributed by atoms with E-state index in [1.165, 1.54) is 11.3 Å². The number of hydrogen-bond acceptors (Lipinski definition) is 4. The standard InChI is InChI=1S/C17H26N4O3/c22-16(19-14-1-2-15-13(11-14)12-18-20-15)21-6-3-17(24-10-7-21)4-8-23-9-5-17/h12,14H,1-11H2,(H,18,20)(H,19,22). The lowest BCUT2D eigenvalue weighted by atomic mass is 9.90. The van der Waals surface area contributed by atoms with Crippen molar-refractivity contribution >= 4 is 6.03 Å². The largest absolute Gasteiger partial charge is 0.381 e. The van der Waals surface area contributed by atoms with Gasteiger partial charge in [-0.15, -0.1) is 0 Å². The lowest BCUT2D eigenvalue weighted by Crippen LogP contribution is -2.47. The van der Waals surface area contributed by atoms with Gasteiger partial charge in [-0.2, -0.15) is 5.10 Å². The van der Waals surface area contributed by atoms with Crippen LogP contribution in [0.25, 0.3) is 0 Å². The fourth-order valence-electron chi connectivity index (χ4n) is 4.04. The van der Waals surface area contributed by atoms with E-state index < -0.39 is 0 Å². The van der Waals surface area contributed by atoms with Crippen molar-refractivity contribution in [3.05, 3.63) is 17.5 Å². The number of urea groups is 1. The fraction of sp³-hybridized carbons (Fsp3) is 0.765. The average molecular weight is 334 g/mol. The van der Waals surface area contributed by atoms with Gasteiger partial charge in [0.05, 0.1) is 18.4 Å². The summed E-state index contributed by atoms with van der Waals surface area (Å²) >= 11 is 0. The molecule has 1 aromatic heterocycles. The highest BCUT2D eigenvalue weighted by atomic mass is 16.5. The average Bonchev–Trinajstić information content (AvgIpc) is 2.97. The number of carbonyl (C=O) groups excluding carboxylic acids is 1. The maximum atomic E-state index is 12.7. The van der Waals surface area contributed by atoms with Crippen molar-refractivity contribution in [1.29, 1.82) is 0 Å². The molecule has 1 unspecified atom stereocenters. The van der Waals surface area contributed by atoms with Gasteiger partial charge in [0.1, 0.15) is 0 Å². The van der Waals surface area contributed by atoms with E-state index in [1.807, 2.05) is 11.1 Å². The maximum absolute atomic E-state index is 12.7. The Balaban J connectivity index is 1.32. The van der Waals surface area contributed by atoms with Crippen LogP contribution in [-0.2, 0) is 22.3 Å². The van der Waals surface area contributed by atoms with Crippen molar-refractivity contribution in [3.8, 4) is 0 Å². The van der Waals surface area contributed by atoms with Crippen LogP contribution in [0.5, 0.6) is 0 Å². The molecule has 2 amide bonds. The Bertz CT molecular complexity index is 582. The zero-order valence-corrected chi connectivity index (χ0v) is 14.1. The first kappa shape index (κ1) is 15.9. The number of aromatic amines is 1. The van der Waals surface area contributed by atoms with E-state index >= 15 is 0 Å². The molecule has 0 aromatic carbocycles. The Morgan fingerprint density at radius 2 is 2.17 bits per heavy atom. The highest BCUT2D eigenvalue weighted by Gasteiger charge is 2.36. The summed E-state index contributed by atoms with van der Waals surface area (Å²) in [6.45, 7) is 3.57. The minimum atomic E-state index is -0.0796. The highest BCUT2D eigenvalue weighted by Crippen LogP contribution is 2.30. The summed E-state index contributed by atoms with van der Waals surface area (Å²) in [6.07, 6.45) is 7.44. The van der Waals surface area contributed by atoms with Crippen molar-refractivity contribution < 1.29 is 14.3 Å². The van der Waals surface area contributed by atoms with E-state index in [1.54, 1.807) is 0 Å². The van der Waals surface area contributed by atoms with Crippen LogP contribution >= 0.6 is 0 Å². The minimum Gasteiger partial charge on any atom is -0.381 e. The van der Waals surface area contributed by atoms with E-state index in [-0.39, 0.29) is 17.7 Å². The van der Waals surface area contributed by atoms with Crippen LogP contribution in [-0.4, -0.2) is 65.7 Å². The van der Waals surface area contributed by atoms with E-state index in [0.717, 1.165) is 58.3 Å². The van der Waals surface area contributed by atoms with Crippen molar-refractivity contribution in [2.75, 3.05) is 32.9 Å². The van der Waals surface area contributed by atoms with Gasteiger partial charge in [-0.1, -0.05) is 0 Å².